The number of nitrogen functional groups attached to an aromatic ring is 1. The Hall–Kier alpha value is -2.25. The van der Waals surface area contributed by atoms with Crippen LogP contribution in [0.15, 0.2) is 48.5 Å². The topological polar surface area (TPSA) is 48.1 Å². The van der Waals surface area contributed by atoms with Gasteiger partial charge < -0.3 is 10.5 Å². The van der Waals surface area contributed by atoms with E-state index in [0.717, 1.165) is 17.4 Å². The van der Waals surface area contributed by atoms with Gasteiger partial charge in [0.15, 0.2) is 5.13 Å². The quantitative estimate of drug-likeness (QED) is 0.628. The van der Waals surface area contributed by atoms with Gasteiger partial charge in [-0.25, -0.2) is 4.98 Å². The molecule has 0 atom stereocenters. The first-order valence-corrected chi connectivity index (χ1v) is 7.90. The number of anilines is 1. The summed E-state index contributed by atoms with van der Waals surface area (Å²) in [5, 5.41) is 0.830. The van der Waals surface area contributed by atoms with Gasteiger partial charge in [-0.1, -0.05) is 47.2 Å². The lowest BCUT2D eigenvalue weighted by molar-refractivity contribution is -0.138. The zero-order valence-electron chi connectivity index (χ0n) is 12.0. The smallest absolute Gasteiger partial charge is 0.419 e. The Balaban J connectivity index is 2.04. The second kappa shape index (κ2) is 6.33. The number of nitrogens with zero attached hydrogens (tertiary/aromatic N) is 1. The molecule has 0 aliphatic rings. The van der Waals surface area contributed by atoms with Crippen LogP contribution >= 0.6 is 22.9 Å². The summed E-state index contributed by atoms with van der Waals surface area (Å²) in [4.78, 5) is 4.14. The molecule has 1 aromatic heterocycles. The van der Waals surface area contributed by atoms with Crippen LogP contribution in [0.1, 0.15) is 5.56 Å². The Morgan fingerprint density at radius 2 is 1.83 bits per heavy atom. The molecule has 0 bridgehead atoms. The van der Waals surface area contributed by atoms with Crippen molar-refractivity contribution in [2.75, 3.05) is 5.73 Å². The summed E-state index contributed by atoms with van der Waals surface area (Å²) in [5.74, 6) is -0.308. The lowest BCUT2D eigenvalue weighted by Crippen LogP contribution is -2.06. The molecule has 0 spiro atoms. The van der Waals surface area contributed by atoms with E-state index < -0.39 is 11.7 Å². The fourth-order valence-electron chi connectivity index (χ4n) is 2.10. The van der Waals surface area contributed by atoms with Crippen molar-refractivity contribution in [3.8, 4) is 22.1 Å². The van der Waals surface area contributed by atoms with Crippen molar-refractivity contribution in [2.45, 2.75) is 6.18 Å². The summed E-state index contributed by atoms with van der Waals surface area (Å²) in [5.41, 5.74) is 5.79. The molecule has 8 heteroatoms. The van der Waals surface area contributed by atoms with Crippen molar-refractivity contribution in [2.24, 2.45) is 0 Å². The minimum Gasteiger partial charge on any atom is -0.444 e. The highest BCUT2D eigenvalue weighted by molar-refractivity contribution is 7.17. The first-order chi connectivity index (χ1) is 11.3. The number of rotatable bonds is 3. The maximum atomic E-state index is 13.1. The third-order valence-electron chi connectivity index (χ3n) is 3.11. The van der Waals surface area contributed by atoms with E-state index in [1.165, 1.54) is 18.2 Å². The number of para-hydroxylation sites is 1. The lowest BCUT2D eigenvalue weighted by atomic mass is 10.1. The Bertz CT molecular complexity index is 880. The number of benzene rings is 2. The normalized spacial score (nSPS) is 11.5. The molecule has 2 N–H and O–H groups in total. The second-order valence-corrected chi connectivity index (χ2v) is 6.22. The molecule has 3 aromatic rings. The molecular weight excluding hydrogens is 361 g/mol. The zero-order chi connectivity index (χ0) is 17.3. The van der Waals surface area contributed by atoms with Crippen LogP contribution in [-0.4, -0.2) is 4.98 Å². The SMILES string of the molecule is Nc1nc(-c2cccc(Cl)c2)c(Oc2ccccc2C(F)(F)F)s1. The molecule has 2 aromatic carbocycles. The van der Waals surface area contributed by atoms with Crippen molar-refractivity contribution in [3.63, 3.8) is 0 Å². The van der Waals surface area contributed by atoms with Crippen molar-refractivity contribution >= 4 is 28.1 Å². The Morgan fingerprint density at radius 1 is 1.08 bits per heavy atom. The molecule has 3 nitrogen and oxygen atoms in total. The van der Waals surface area contributed by atoms with E-state index in [4.69, 9.17) is 22.1 Å². The van der Waals surface area contributed by atoms with E-state index in [9.17, 15) is 13.2 Å². The molecule has 1 heterocycles. The minimum absolute atomic E-state index is 0.173. The first-order valence-electron chi connectivity index (χ1n) is 6.71. The molecule has 0 aliphatic carbocycles. The third-order valence-corrected chi connectivity index (χ3v) is 4.10. The van der Waals surface area contributed by atoms with E-state index in [0.29, 0.717) is 16.3 Å². The van der Waals surface area contributed by atoms with Crippen LogP contribution in [0.3, 0.4) is 0 Å². The van der Waals surface area contributed by atoms with Crippen molar-refractivity contribution in [1.82, 2.24) is 4.98 Å². The predicted octanol–water partition coefficient (Wildman–Crippen LogP) is 5.86. The van der Waals surface area contributed by atoms with Gasteiger partial charge in [0, 0.05) is 10.6 Å². The van der Waals surface area contributed by atoms with Crippen molar-refractivity contribution in [3.05, 3.63) is 59.1 Å². The number of hydrogen-bond acceptors (Lipinski definition) is 4. The van der Waals surface area contributed by atoms with Crippen molar-refractivity contribution in [1.29, 1.82) is 0 Å². The molecule has 24 heavy (non-hydrogen) atoms. The van der Waals surface area contributed by atoms with Gasteiger partial charge in [0.2, 0.25) is 5.06 Å². The summed E-state index contributed by atoms with van der Waals surface area (Å²) in [6.07, 6.45) is -4.52. The minimum atomic E-state index is -4.52. The number of halogens is 4. The number of nitrogens with two attached hydrogens (primary N) is 1. The lowest BCUT2D eigenvalue weighted by Gasteiger charge is -2.13. The molecule has 0 amide bonds. The largest absolute Gasteiger partial charge is 0.444 e. The van der Waals surface area contributed by atoms with Crippen LogP contribution < -0.4 is 10.5 Å². The molecular formula is C16H10ClF3N2OS. The van der Waals surface area contributed by atoms with Crippen LogP contribution in [0.4, 0.5) is 18.3 Å². The van der Waals surface area contributed by atoms with Gasteiger partial charge in [-0.2, -0.15) is 13.2 Å². The van der Waals surface area contributed by atoms with Gasteiger partial charge in [0.1, 0.15) is 11.4 Å². The molecule has 0 saturated heterocycles. The average Bonchev–Trinajstić information content (AvgIpc) is 2.87. The van der Waals surface area contributed by atoms with E-state index >= 15 is 0 Å². The molecule has 0 unspecified atom stereocenters. The number of aromatic nitrogens is 1. The van der Waals surface area contributed by atoms with Crippen LogP contribution in [0.5, 0.6) is 10.8 Å². The summed E-state index contributed by atoms with van der Waals surface area (Å²) in [6.45, 7) is 0. The van der Waals surface area contributed by atoms with E-state index in [1.807, 2.05) is 0 Å². The summed E-state index contributed by atoms with van der Waals surface area (Å²) in [7, 11) is 0. The number of hydrogen-bond donors (Lipinski definition) is 1. The maximum absolute atomic E-state index is 13.1. The highest BCUT2D eigenvalue weighted by Gasteiger charge is 2.34. The fourth-order valence-corrected chi connectivity index (χ4v) is 3.01. The molecule has 124 valence electrons. The van der Waals surface area contributed by atoms with E-state index in [2.05, 4.69) is 4.98 Å². The molecule has 0 aliphatic heterocycles. The monoisotopic (exact) mass is 370 g/mol. The molecule has 0 fully saturated rings. The summed E-state index contributed by atoms with van der Waals surface area (Å²) in [6, 6.07) is 11.7. The highest BCUT2D eigenvalue weighted by Crippen LogP contribution is 2.43. The molecule has 3 rings (SSSR count). The van der Waals surface area contributed by atoms with Crippen LogP contribution in [0, 0.1) is 0 Å². The summed E-state index contributed by atoms with van der Waals surface area (Å²) >= 11 is 6.92. The maximum Gasteiger partial charge on any atom is 0.419 e. The fraction of sp³-hybridized carbons (Fsp3) is 0.0625. The number of alkyl halides is 3. The summed E-state index contributed by atoms with van der Waals surface area (Å²) < 4.78 is 44.8. The highest BCUT2D eigenvalue weighted by atomic mass is 35.5. The average molecular weight is 371 g/mol. The Morgan fingerprint density at radius 3 is 2.54 bits per heavy atom. The van der Waals surface area contributed by atoms with Gasteiger partial charge in [-0.15, -0.1) is 0 Å². The van der Waals surface area contributed by atoms with Crippen LogP contribution in [-0.2, 0) is 6.18 Å². The Labute approximate surface area is 144 Å². The zero-order valence-corrected chi connectivity index (χ0v) is 13.5. The van der Waals surface area contributed by atoms with Gasteiger partial charge >= 0.3 is 6.18 Å². The number of thiazole rings is 1. The molecule has 0 saturated carbocycles. The van der Waals surface area contributed by atoms with Crippen molar-refractivity contribution < 1.29 is 17.9 Å². The second-order valence-electron chi connectivity index (χ2n) is 4.79. The van der Waals surface area contributed by atoms with Crippen LogP contribution in [0.25, 0.3) is 11.3 Å². The Kier molecular flexibility index (Phi) is 4.38. The predicted molar refractivity (Wildman–Crippen MR) is 88.5 cm³/mol. The van der Waals surface area contributed by atoms with E-state index in [1.54, 1.807) is 24.3 Å². The third kappa shape index (κ3) is 3.47. The van der Waals surface area contributed by atoms with Gasteiger partial charge in [0.05, 0.1) is 5.56 Å². The van der Waals surface area contributed by atoms with Gasteiger partial charge in [-0.3, -0.25) is 0 Å². The molecule has 0 radical (unpaired) electrons. The van der Waals surface area contributed by atoms with Crippen LogP contribution in [0.2, 0.25) is 5.02 Å². The first kappa shape index (κ1) is 16.6. The van der Waals surface area contributed by atoms with E-state index in [-0.39, 0.29) is 15.9 Å². The number of ether oxygens (including phenoxy) is 1. The van der Waals surface area contributed by atoms with Gasteiger partial charge in [0.25, 0.3) is 0 Å². The van der Waals surface area contributed by atoms with Gasteiger partial charge in [-0.05, 0) is 24.3 Å². The standard InChI is InChI=1S/C16H10ClF3N2OS/c17-10-5-3-4-9(8-10)13-14(24-15(21)22-13)23-12-7-2-1-6-11(12)16(18,19)20/h1-8H,(H2,21,22).